The molecule has 1 atom stereocenters. The number of nitrogens with zero attached hydrogens (tertiary/aromatic N) is 3. The van der Waals surface area contributed by atoms with E-state index in [0.717, 1.165) is 30.5 Å². The van der Waals surface area contributed by atoms with Gasteiger partial charge in [-0.25, -0.2) is 4.98 Å². The van der Waals surface area contributed by atoms with E-state index >= 15 is 0 Å². The molecule has 132 valence electrons. The number of amides is 1. The van der Waals surface area contributed by atoms with Crippen molar-refractivity contribution in [1.29, 1.82) is 0 Å². The third-order valence-corrected chi connectivity index (χ3v) is 4.87. The van der Waals surface area contributed by atoms with Gasteiger partial charge in [0.05, 0.1) is 19.5 Å². The number of rotatable bonds is 3. The minimum Gasteiger partial charge on any atom is -0.379 e. The minimum atomic E-state index is -0.167. The zero-order chi connectivity index (χ0) is 17.2. The van der Waals surface area contributed by atoms with Crippen molar-refractivity contribution in [3.05, 3.63) is 45.4 Å². The summed E-state index contributed by atoms with van der Waals surface area (Å²) in [5.41, 5.74) is 3.27. The Bertz CT molecular complexity index is 828. The van der Waals surface area contributed by atoms with Crippen LogP contribution in [0.15, 0.2) is 17.2 Å². The summed E-state index contributed by atoms with van der Waals surface area (Å²) in [6.45, 7) is 2.20. The summed E-state index contributed by atoms with van der Waals surface area (Å²) in [5, 5.41) is 7.25. The Balaban J connectivity index is 1.49. The van der Waals surface area contributed by atoms with Crippen LogP contribution in [0.2, 0.25) is 0 Å². The van der Waals surface area contributed by atoms with Gasteiger partial charge >= 0.3 is 0 Å². The van der Waals surface area contributed by atoms with Crippen LogP contribution in [0.25, 0.3) is 0 Å². The fraction of sp³-hybridized carbons (Fsp3) is 0.529. The molecule has 1 aliphatic heterocycles. The largest absolute Gasteiger partial charge is 0.379 e. The zero-order valence-electron chi connectivity index (χ0n) is 14.0. The number of aromatic amines is 2. The van der Waals surface area contributed by atoms with E-state index < -0.39 is 0 Å². The number of fused-ring (bicyclic) bond motifs is 1. The molecule has 1 fully saturated rings. The summed E-state index contributed by atoms with van der Waals surface area (Å²) in [7, 11) is 0. The maximum atomic E-state index is 12.9. The van der Waals surface area contributed by atoms with E-state index in [1.807, 2.05) is 4.90 Å². The molecule has 0 spiro atoms. The topological polar surface area (TPSA) is 104 Å². The Morgan fingerprint density at radius 1 is 1.40 bits per heavy atom. The lowest BCUT2D eigenvalue weighted by Crippen LogP contribution is -2.37. The van der Waals surface area contributed by atoms with Crippen molar-refractivity contribution in [2.24, 2.45) is 5.92 Å². The van der Waals surface area contributed by atoms with Crippen LogP contribution in [0, 0.1) is 5.92 Å². The maximum Gasteiger partial charge on any atom is 0.274 e. The van der Waals surface area contributed by atoms with Crippen molar-refractivity contribution in [1.82, 2.24) is 25.1 Å². The molecule has 2 aliphatic rings. The number of hydrogen-bond acceptors (Lipinski definition) is 5. The molecule has 0 saturated carbocycles. The second kappa shape index (κ2) is 6.79. The fourth-order valence-corrected chi connectivity index (χ4v) is 3.65. The van der Waals surface area contributed by atoms with Gasteiger partial charge in [-0.2, -0.15) is 5.10 Å². The number of aromatic nitrogens is 4. The lowest BCUT2D eigenvalue weighted by Gasteiger charge is -2.23. The molecule has 8 nitrogen and oxygen atoms in total. The second-order valence-electron chi connectivity index (χ2n) is 6.68. The van der Waals surface area contributed by atoms with Crippen LogP contribution < -0.4 is 5.56 Å². The number of ether oxygens (including phenoxy) is 1. The van der Waals surface area contributed by atoms with E-state index in [1.165, 1.54) is 12.4 Å². The molecule has 0 aromatic carbocycles. The number of nitrogens with one attached hydrogen (secondary N) is 2. The Morgan fingerprint density at radius 2 is 2.32 bits per heavy atom. The van der Waals surface area contributed by atoms with Crippen LogP contribution in [0.5, 0.6) is 0 Å². The lowest BCUT2D eigenvalue weighted by molar-refractivity contribution is 0.0730. The second-order valence-corrected chi connectivity index (χ2v) is 6.68. The first-order valence-electron chi connectivity index (χ1n) is 8.67. The summed E-state index contributed by atoms with van der Waals surface area (Å²) in [6.07, 6.45) is 4.97. The molecular weight excluding hydrogens is 322 g/mol. The minimum absolute atomic E-state index is 0.0335. The Hall–Kier alpha value is -2.48. The van der Waals surface area contributed by atoms with Gasteiger partial charge in [0.1, 0.15) is 0 Å². The number of aryl methyl sites for hydroxylation is 1. The molecule has 4 rings (SSSR count). The van der Waals surface area contributed by atoms with Gasteiger partial charge < -0.3 is 14.6 Å². The van der Waals surface area contributed by atoms with Gasteiger partial charge in [0.25, 0.3) is 11.5 Å². The lowest BCUT2D eigenvalue weighted by atomic mass is 10.0. The average molecular weight is 343 g/mol. The Kier molecular flexibility index (Phi) is 4.35. The average Bonchev–Trinajstić information content (AvgIpc) is 3.13. The molecule has 3 heterocycles. The van der Waals surface area contributed by atoms with Crippen molar-refractivity contribution in [2.75, 3.05) is 26.3 Å². The van der Waals surface area contributed by atoms with Gasteiger partial charge in [-0.3, -0.25) is 14.7 Å². The van der Waals surface area contributed by atoms with Crippen LogP contribution >= 0.6 is 0 Å². The van der Waals surface area contributed by atoms with Gasteiger partial charge in [-0.05, 0) is 25.7 Å². The van der Waals surface area contributed by atoms with Crippen LogP contribution in [0.1, 0.15) is 33.9 Å². The highest BCUT2D eigenvalue weighted by molar-refractivity contribution is 5.94. The van der Waals surface area contributed by atoms with Gasteiger partial charge in [0.2, 0.25) is 0 Å². The predicted octanol–water partition coefficient (Wildman–Crippen LogP) is 0.313. The summed E-state index contributed by atoms with van der Waals surface area (Å²) < 4.78 is 5.66. The Morgan fingerprint density at radius 3 is 3.20 bits per heavy atom. The standard InChI is InChI=1S/C17H21N5O3/c23-15-7-12(18-10-19-15)6-11-8-22(4-5-25-9-11)17(24)16-13-2-1-3-14(13)20-21-16/h7,10-11H,1-6,8-9H2,(H,20,21)(H,18,19,23)/t11-/m0/s1. The molecule has 1 aliphatic carbocycles. The molecule has 25 heavy (non-hydrogen) atoms. The summed E-state index contributed by atoms with van der Waals surface area (Å²) >= 11 is 0. The molecule has 8 heteroatoms. The summed E-state index contributed by atoms with van der Waals surface area (Å²) in [5.74, 6) is 0.0708. The zero-order valence-corrected chi connectivity index (χ0v) is 14.0. The maximum absolute atomic E-state index is 12.9. The third-order valence-electron chi connectivity index (χ3n) is 4.87. The molecule has 2 aromatic heterocycles. The molecule has 2 aromatic rings. The predicted molar refractivity (Wildman–Crippen MR) is 89.4 cm³/mol. The highest BCUT2D eigenvalue weighted by Gasteiger charge is 2.29. The SMILES string of the molecule is O=C(c1n[nH]c2c1CCC2)N1CCOC[C@@H](Cc2cc(=O)[nH]cn2)C1. The van der Waals surface area contributed by atoms with E-state index in [1.54, 1.807) is 0 Å². The van der Waals surface area contributed by atoms with E-state index in [2.05, 4.69) is 20.2 Å². The van der Waals surface area contributed by atoms with Gasteiger partial charge in [-0.1, -0.05) is 0 Å². The molecule has 1 amide bonds. The van der Waals surface area contributed by atoms with Crippen molar-refractivity contribution in [3.63, 3.8) is 0 Å². The van der Waals surface area contributed by atoms with E-state index in [4.69, 9.17) is 4.74 Å². The van der Waals surface area contributed by atoms with Crippen molar-refractivity contribution in [3.8, 4) is 0 Å². The Labute approximate surface area is 144 Å². The number of hydrogen-bond donors (Lipinski definition) is 2. The normalized spacial score (nSPS) is 20.3. The molecular formula is C17H21N5O3. The van der Waals surface area contributed by atoms with Crippen LogP contribution in [0.4, 0.5) is 0 Å². The van der Waals surface area contributed by atoms with Crippen molar-refractivity contribution >= 4 is 5.91 Å². The van der Waals surface area contributed by atoms with Gasteiger partial charge in [-0.15, -0.1) is 0 Å². The van der Waals surface area contributed by atoms with Gasteiger partial charge in [0, 0.05) is 42.0 Å². The first-order chi connectivity index (χ1) is 12.2. The van der Waals surface area contributed by atoms with Crippen LogP contribution in [-0.4, -0.2) is 57.3 Å². The third kappa shape index (κ3) is 3.34. The summed E-state index contributed by atoms with van der Waals surface area (Å²) in [4.78, 5) is 32.9. The van der Waals surface area contributed by atoms with Gasteiger partial charge in [0.15, 0.2) is 5.69 Å². The first kappa shape index (κ1) is 16.0. The van der Waals surface area contributed by atoms with Crippen LogP contribution in [0.3, 0.4) is 0 Å². The fourth-order valence-electron chi connectivity index (χ4n) is 3.65. The highest BCUT2D eigenvalue weighted by Crippen LogP contribution is 2.24. The molecule has 0 unspecified atom stereocenters. The van der Waals surface area contributed by atoms with Crippen molar-refractivity contribution in [2.45, 2.75) is 25.7 Å². The van der Waals surface area contributed by atoms with E-state index in [0.29, 0.717) is 44.1 Å². The smallest absolute Gasteiger partial charge is 0.274 e. The molecule has 0 radical (unpaired) electrons. The van der Waals surface area contributed by atoms with Crippen molar-refractivity contribution < 1.29 is 9.53 Å². The quantitative estimate of drug-likeness (QED) is 0.835. The number of H-pyrrole nitrogens is 2. The molecule has 1 saturated heterocycles. The first-order valence-corrected chi connectivity index (χ1v) is 8.67. The number of carbonyl (C=O) groups excluding carboxylic acids is 1. The molecule has 2 N–H and O–H groups in total. The van der Waals surface area contributed by atoms with E-state index in [-0.39, 0.29) is 17.4 Å². The monoisotopic (exact) mass is 343 g/mol. The highest BCUT2D eigenvalue weighted by atomic mass is 16.5. The molecule has 0 bridgehead atoms. The van der Waals surface area contributed by atoms with E-state index in [9.17, 15) is 9.59 Å². The summed E-state index contributed by atoms with van der Waals surface area (Å²) in [6, 6.07) is 1.50. The number of carbonyl (C=O) groups is 1. The van der Waals surface area contributed by atoms with Crippen LogP contribution in [-0.2, 0) is 24.0 Å².